The van der Waals surface area contributed by atoms with Gasteiger partial charge in [-0.1, -0.05) is 13.8 Å². The molecule has 0 aromatic heterocycles. The van der Waals surface area contributed by atoms with Crippen LogP contribution in [0.3, 0.4) is 0 Å². The molecule has 0 aromatic carbocycles. The van der Waals surface area contributed by atoms with Gasteiger partial charge in [0, 0.05) is 5.88 Å². The average molecular weight is 187 g/mol. The van der Waals surface area contributed by atoms with Crippen LogP contribution in [0.2, 0.25) is 0 Å². The second-order valence-electron chi connectivity index (χ2n) is 5.18. The summed E-state index contributed by atoms with van der Waals surface area (Å²) in [6, 6.07) is 0. The van der Waals surface area contributed by atoms with E-state index in [1.165, 1.54) is 25.7 Å². The van der Waals surface area contributed by atoms with Gasteiger partial charge in [0.15, 0.2) is 0 Å². The van der Waals surface area contributed by atoms with Crippen molar-refractivity contribution in [3.8, 4) is 0 Å². The molecule has 3 atom stereocenters. The van der Waals surface area contributed by atoms with E-state index in [0.29, 0.717) is 5.41 Å². The first kappa shape index (κ1) is 8.87. The molecular weight excluding hydrogens is 168 g/mol. The van der Waals surface area contributed by atoms with Crippen LogP contribution in [0, 0.1) is 23.2 Å². The van der Waals surface area contributed by atoms with Crippen molar-refractivity contribution in [2.75, 3.05) is 5.88 Å². The Morgan fingerprint density at radius 3 is 2.58 bits per heavy atom. The van der Waals surface area contributed by atoms with Crippen molar-refractivity contribution < 1.29 is 0 Å². The lowest BCUT2D eigenvalue weighted by Gasteiger charge is -2.38. The zero-order valence-corrected chi connectivity index (χ0v) is 8.90. The maximum absolute atomic E-state index is 5.85. The van der Waals surface area contributed by atoms with E-state index in [1.807, 2.05) is 0 Å². The first-order valence-corrected chi connectivity index (χ1v) is 5.75. The van der Waals surface area contributed by atoms with Crippen LogP contribution in [0.1, 0.15) is 39.5 Å². The fourth-order valence-corrected chi connectivity index (χ4v) is 3.93. The van der Waals surface area contributed by atoms with E-state index in [4.69, 9.17) is 11.6 Å². The van der Waals surface area contributed by atoms with Gasteiger partial charge in [0.2, 0.25) is 0 Å². The molecule has 0 amide bonds. The molecule has 12 heavy (non-hydrogen) atoms. The van der Waals surface area contributed by atoms with E-state index < -0.39 is 0 Å². The van der Waals surface area contributed by atoms with Gasteiger partial charge in [-0.15, -0.1) is 11.6 Å². The minimum Gasteiger partial charge on any atom is -0.127 e. The van der Waals surface area contributed by atoms with Crippen LogP contribution in [0.5, 0.6) is 0 Å². The molecule has 0 heterocycles. The Morgan fingerprint density at radius 1 is 1.33 bits per heavy atom. The average Bonchev–Trinajstić information content (AvgIpc) is 2.53. The van der Waals surface area contributed by atoms with Crippen molar-refractivity contribution in [1.29, 1.82) is 0 Å². The van der Waals surface area contributed by atoms with Gasteiger partial charge in [-0.05, 0) is 48.9 Å². The summed E-state index contributed by atoms with van der Waals surface area (Å²) in [4.78, 5) is 0. The Kier molecular flexibility index (Phi) is 2.15. The van der Waals surface area contributed by atoms with Gasteiger partial charge in [-0.2, -0.15) is 0 Å². The van der Waals surface area contributed by atoms with Gasteiger partial charge < -0.3 is 0 Å². The van der Waals surface area contributed by atoms with Gasteiger partial charge in [-0.3, -0.25) is 0 Å². The number of hydrogen-bond donors (Lipinski definition) is 0. The van der Waals surface area contributed by atoms with Crippen LogP contribution in [-0.2, 0) is 0 Å². The van der Waals surface area contributed by atoms with Crippen LogP contribution in [-0.4, -0.2) is 5.88 Å². The summed E-state index contributed by atoms with van der Waals surface area (Å²) in [6.07, 6.45) is 5.70. The Morgan fingerprint density at radius 2 is 2.08 bits per heavy atom. The second-order valence-corrected chi connectivity index (χ2v) is 5.55. The lowest BCUT2D eigenvalue weighted by atomic mass is 9.68. The highest BCUT2D eigenvalue weighted by molar-refractivity contribution is 6.17. The molecule has 0 nitrogen and oxygen atoms in total. The summed E-state index contributed by atoms with van der Waals surface area (Å²) in [7, 11) is 0. The zero-order valence-electron chi connectivity index (χ0n) is 8.15. The third-order valence-electron chi connectivity index (χ3n) is 4.47. The lowest BCUT2D eigenvalue weighted by Crippen LogP contribution is -2.30. The van der Waals surface area contributed by atoms with Gasteiger partial charge in [-0.25, -0.2) is 0 Å². The SMILES string of the molecule is CC1(C)[C@H]2CC[C@H](C2)[C@@H]1CCCl. The highest BCUT2D eigenvalue weighted by Gasteiger charge is 2.51. The monoisotopic (exact) mass is 186 g/mol. The standard InChI is InChI=1S/C11H19Cl/c1-11(2)9-4-3-8(7-9)10(11)5-6-12/h8-10H,3-7H2,1-2H3/t8-,9+,10+/m1/s1. The van der Waals surface area contributed by atoms with Crippen molar-refractivity contribution in [2.24, 2.45) is 23.2 Å². The van der Waals surface area contributed by atoms with Gasteiger partial charge in [0.1, 0.15) is 0 Å². The smallest absolute Gasteiger partial charge is 0.0226 e. The molecular formula is C11H19Cl. The Bertz CT molecular complexity index is 174. The molecule has 2 fully saturated rings. The zero-order chi connectivity index (χ0) is 8.77. The Balaban J connectivity index is 2.12. The molecule has 0 aromatic rings. The van der Waals surface area contributed by atoms with Crippen LogP contribution in [0.25, 0.3) is 0 Å². The number of halogens is 1. The number of alkyl halides is 1. The third kappa shape index (κ3) is 1.11. The maximum atomic E-state index is 5.85. The molecule has 2 aliphatic rings. The summed E-state index contributed by atoms with van der Waals surface area (Å²) in [5.41, 5.74) is 0.595. The van der Waals surface area contributed by atoms with Gasteiger partial charge in [0.25, 0.3) is 0 Å². The number of fused-ring (bicyclic) bond motifs is 2. The predicted octanol–water partition coefficient (Wildman–Crippen LogP) is 3.69. The summed E-state index contributed by atoms with van der Waals surface area (Å²) < 4.78 is 0. The molecule has 0 saturated heterocycles. The van der Waals surface area contributed by atoms with Crippen molar-refractivity contribution >= 4 is 11.6 Å². The van der Waals surface area contributed by atoms with E-state index in [9.17, 15) is 0 Å². The summed E-state index contributed by atoms with van der Waals surface area (Å²) in [5, 5.41) is 0. The number of hydrogen-bond acceptors (Lipinski definition) is 0. The third-order valence-corrected chi connectivity index (χ3v) is 4.69. The van der Waals surface area contributed by atoms with E-state index in [0.717, 1.165) is 23.6 Å². The summed E-state index contributed by atoms with van der Waals surface area (Å²) in [5.74, 6) is 3.81. The summed E-state index contributed by atoms with van der Waals surface area (Å²) in [6.45, 7) is 4.90. The Hall–Kier alpha value is 0.290. The second kappa shape index (κ2) is 2.90. The quantitative estimate of drug-likeness (QED) is 0.578. The predicted molar refractivity (Wildman–Crippen MR) is 53.4 cm³/mol. The first-order valence-electron chi connectivity index (χ1n) is 5.22. The number of rotatable bonds is 2. The van der Waals surface area contributed by atoms with Crippen LogP contribution < -0.4 is 0 Å². The lowest BCUT2D eigenvalue weighted by molar-refractivity contribution is 0.119. The van der Waals surface area contributed by atoms with Crippen LogP contribution in [0.15, 0.2) is 0 Å². The van der Waals surface area contributed by atoms with Crippen LogP contribution >= 0.6 is 11.6 Å². The highest BCUT2D eigenvalue weighted by Crippen LogP contribution is 2.60. The van der Waals surface area contributed by atoms with Crippen molar-refractivity contribution in [2.45, 2.75) is 39.5 Å². The molecule has 70 valence electrons. The molecule has 0 aliphatic heterocycles. The van der Waals surface area contributed by atoms with E-state index in [-0.39, 0.29) is 0 Å². The minimum atomic E-state index is 0.595. The molecule has 2 saturated carbocycles. The van der Waals surface area contributed by atoms with Crippen LogP contribution in [0.4, 0.5) is 0 Å². The Labute approximate surface area is 80.7 Å². The highest BCUT2D eigenvalue weighted by atomic mass is 35.5. The topological polar surface area (TPSA) is 0 Å². The largest absolute Gasteiger partial charge is 0.127 e. The van der Waals surface area contributed by atoms with E-state index in [1.54, 1.807) is 0 Å². The normalized spacial score (nSPS) is 43.8. The van der Waals surface area contributed by atoms with Gasteiger partial charge >= 0.3 is 0 Å². The van der Waals surface area contributed by atoms with E-state index in [2.05, 4.69) is 13.8 Å². The first-order chi connectivity index (χ1) is 5.66. The maximum Gasteiger partial charge on any atom is 0.0226 e. The van der Waals surface area contributed by atoms with Crippen molar-refractivity contribution in [3.63, 3.8) is 0 Å². The van der Waals surface area contributed by atoms with Gasteiger partial charge in [0.05, 0.1) is 0 Å². The summed E-state index contributed by atoms with van der Waals surface area (Å²) >= 11 is 5.85. The molecule has 2 bridgehead atoms. The molecule has 1 heteroatoms. The molecule has 0 unspecified atom stereocenters. The van der Waals surface area contributed by atoms with Crippen molar-refractivity contribution in [3.05, 3.63) is 0 Å². The van der Waals surface area contributed by atoms with E-state index >= 15 is 0 Å². The van der Waals surface area contributed by atoms with Crippen molar-refractivity contribution in [1.82, 2.24) is 0 Å². The molecule has 0 N–H and O–H groups in total. The molecule has 2 aliphatic carbocycles. The molecule has 2 rings (SSSR count). The molecule has 0 spiro atoms. The fourth-order valence-electron chi connectivity index (χ4n) is 3.69. The minimum absolute atomic E-state index is 0.595. The molecule has 0 radical (unpaired) electrons. The fraction of sp³-hybridized carbons (Fsp3) is 1.00.